The van der Waals surface area contributed by atoms with Crippen molar-refractivity contribution in [3.8, 4) is 0 Å². The summed E-state index contributed by atoms with van der Waals surface area (Å²) < 4.78 is 41.0. The molecule has 0 bridgehead atoms. The smallest absolute Gasteiger partial charge is 0.337 e. The Balaban J connectivity index is 2.22. The Hall–Kier alpha value is -0.810. The molecule has 0 aromatic carbocycles. The maximum Gasteiger partial charge on any atom is 0.337 e. The van der Waals surface area contributed by atoms with Gasteiger partial charge in [0, 0.05) is 19.1 Å². The Kier molecular flexibility index (Phi) is 12.5. The zero-order valence-corrected chi connectivity index (χ0v) is 21.1. The maximum atomic E-state index is 12.3. The molecule has 3 unspecified atom stereocenters. The molecule has 0 aromatic rings. The van der Waals surface area contributed by atoms with E-state index in [0.29, 0.717) is 19.8 Å². The van der Waals surface area contributed by atoms with Gasteiger partial charge in [-0.1, -0.05) is 33.6 Å². The van der Waals surface area contributed by atoms with Gasteiger partial charge in [-0.3, -0.25) is 0 Å². The van der Waals surface area contributed by atoms with Gasteiger partial charge in [-0.15, -0.1) is 0 Å². The molecule has 0 radical (unpaired) electrons. The molecule has 194 valence electrons. The lowest BCUT2D eigenvalue weighted by atomic mass is 10.0. The Morgan fingerprint density at radius 2 is 1.82 bits per heavy atom. The lowest BCUT2D eigenvalue weighted by Crippen LogP contribution is -2.49. The molecule has 2 aliphatic heterocycles. The van der Waals surface area contributed by atoms with Gasteiger partial charge in [-0.25, -0.2) is 4.79 Å². The minimum atomic E-state index is -1.22. The van der Waals surface area contributed by atoms with Gasteiger partial charge in [0.1, 0.15) is 18.3 Å². The lowest BCUT2D eigenvalue weighted by Gasteiger charge is -2.34. The Labute approximate surface area is 198 Å². The van der Waals surface area contributed by atoms with Crippen molar-refractivity contribution in [1.29, 1.82) is 0 Å². The number of ether oxygens (including phenoxy) is 7. The fraction of sp³-hybridized carbons (Fsp3) is 0.958. The molecule has 2 fully saturated rings. The number of methoxy groups -OCH3 is 1. The number of carbonyl (C=O) groups is 1. The van der Waals surface area contributed by atoms with Gasteiger partial charge in [0.15, 0.2) is 12.4 Å². The summed E-state index contributed by atoms with van der Waals surface area (Å²) in [5.41, 5.74) is 0. The first-order valence-electron chi connectivity index (χ1n) is 12.4. The first-order chi connectivity index (χ1) is 15.8. The molecule has 0 aliphatic carbocycles. The van der Waals surface area contributed by atoms with E-state index in [2.05, 4.69) is 13.8 Å². The molecule has 0 amide bonds. The monoisotopic (exact) mass is 476 g/mol. The summed E-state index contributed by atoms with van der Waals surface area (Å²) in [5, 5.41) is 10.2. The number of fused-ring (bicyclic) bond motifs is 1. The van der Waals surface area contributed by atoms with E-state index >= 15 is 0 Å². The van der Waals surface area contributed by atoms with Crippen molar-refractivity contribution in [2.45, 2.75) is 109 Å². The molecule has 2 saturated heterocycles. The fourth-order valence-corrected chi connectivity index (χ4v) is 3.83. The minimum absolute atomic E-state index is 0.0142. The molecule has 0 spiro atoms. The van der Waals surface area contributed by atoms with Crippen LogP contribution in [-0.2, 0) is 38.0 Å². The zero-order chi connectivity index (χ0) is 24.4. The van der Waals surface area contributed by atoms with Crippen LogP contribution in [-0.4, -0.2) is 93.6 Å². The molecule has 9 heteroatoms. The predicted octanol–water partition coefficient (Wildman–Crippen LogP) is 2.46. The number of epoxide rings is 1. The minimum Gasteiger partial charge on any atom is -0.467 e. The maximum absolute atomic E-state index is 12.3. The van der Waals surface area contributed by atoms with Crippen molar-refractivity contribution in [2.24, 2.45) is 5.92 Å². The van der Waals surface area contributed by atoms with Crippen molar-refractivity contribution in [3.63, 3.8) is 0 Å². The van der Waals surface area contributed by atoms with Crippen LogP contribution in [0.3, 0.4) is 0 Å². The molecule has 2 aliphatic rings. The third-order valence-electron chi connectivity index (χ3n) is 6.03. The van der Waals surface area contributed by atoms with Crippen molar-refractivity contribution in [1.82, 2.24) is 0 Å². The second-order valence-electron chi connectivity index (χ2n) is 9.06. The summed E-state index contributed by atoms with van der Waals surface area (Å²) in [6, 6.07) is 0. The van der Waals surface area contributed by atoms with Crippen LogP contribution in [0.4, 0.5) is 0 Å². The van der Waals surface area contributed by atoms with Gasteiger partial charge < -0.3 is 38.3 Å². The van der Waals surface area contributed by atoms with E-state index in [4.69, 9.17) is 33.2 Å². The van der Waals surface area contributed by atoms with Crippen LogP contribution < -0.4 is 0 Å². The molecule has 9 atom stereocenters. The van der Waals surface area contributed by atoms with E-state index in [0.717, 1.165) is 25.7 Å². The SMILES string of the molecule is CCCCOC[C@H](OCCCC)[C@@H](OC(C(=O)OC)[C@H](C)O)O[C@@H]1C(C)CO[C@H](C)[C@@H]2OC12. The van der Waals surface area contributed by atoms with Gasteiger partial charge in [-0.05, 0) is 26.7 Å². The lowest BCUT2D eigenvalue weighted by molar-refractivity contribution is -0.270. The molecule has 2 rings (SSSR count). The average Bonchev–Trinajstić information content (AvgIpc) is 3.59. The van der Waals surface area contributed by atoms with Gasteiger partial charge in [0.2, 0.25) is 0 Å². The van der Waals surface area contributed by atoms with Gasteiger partial charge in [-0.2, -0.15) is 0 Å². The molecule has 0 saturated carbocycles. The number of rotatable bonds is 16. The first kappa shape index (κ1) is 28.4. The van der Waals surface area contributed by atoms with E-state index in [-0.39, 0.29) is 36.9 Å². The van der Waals surface area contributed by atoms with Crippen LogP contribution in [0.1, 0.15) is 60.3 Å². The summed E-state index contributed by atoms with van der Waals surface area (Å²) in [7, 11) is 1.26. The third kappa shape index (κ3) is 8.72. The van der Waals surface area contributed by atoms with Crippen LogP contribution in [0.15, 0.2) is 0 Å². The largest absolute Gasteiger partial charge is 0.467 e. The van der Waals surface area contributed by atoms with E-state index in [9.17, 15) is 9.90 Å². The third-order valence-corrected chi connectivity index (χ3v) is 6.03. The predicted molar refractivity (Wildman–Crippen MR) is 121 cm³/mol. The van der Waals surface area contributed by atoms with E-state index in [1.807, 2.05) is 13.8 Å². The summed E-state index contributed by atoms with van der Waals surface area (Å²) in [5.74, 6) is -0.638. The van der Waals surface area contributed by atoms with E-state index in [1.54, 1.807) is 0 Å². The molecule has 0 aromatic heterocycles. The van der Waals surface area contributed by atoms with Gasteiger partial charge in [0.25, 0.3) is 0 Å². The van der Waals surface area contributed by atoms with Crippen LogP contribution in [0.25, 0.3) is 0 Å². The van der Waals surface area contributed by atoms with E-state index in [1.165, 1.54) is 14.0 Å². The highest BCUT2D eigenvalue weighted by molar-refractivity contribution is 5.75. The number of carbonyl (C=O) groups excluding carboxylic acids is 1. The molecule has 1 N–H and O–H groups in total. The number of hydrogen-bond acceptors (Lipinski definition) is 9. The van der Waals surface area contributed by atoms with Crippen LogP contribution >= 0.6 is 0 Å². The topological polar surface area (TPSA) is 105 Å². The first-order valence-corrected chi connectivity index (χ1v) is 12.4. The number of unbranched alkanes of at least 4 members (excludes halogenated alkanes) is 2. The zero-order valence-electron chi connectivity index (χ0n) is 21.1. The van der Waals surface area contributed by atoms with Crippen molar-refractivity contribution in [3.05, 3.63) is 0 Å². The quantitative estimate of drug-likeness (QED) is 0.156. The molecular weight excluding hydrogens is 432 g/mol. The number of esters is 1. The summed E-state index contributed by atoms with van der Waals surface area (Å²) >= 11 is 0. The molecule has 2 heterocycles. The molecule has 33 heavy (non-hydrogen) atoms. The second-order valence-corrected chi connectivity index (χ2v) is 9.06. The van der Waals surface area contributed by atoms with Gasteiger partial charge in [0.05, 0.1) is 38.6 Å². The molecule has 9 nitrogen and oxygen atoms in total. The highest BCUT2D eigenvalue weighted by Crippen LogP contribution is 2.38. The Morgan fingerprint density at radius 3 is 2.45 bits per heavy atom. The van der Waals surface area contributed by atoms with Crippen molar-refractivity contribution in [2.75, 3.05) is 33.5 Å². The average molecular weight is 477 g/mol. The van der Waals surface area contributed by atoms with Crippen molar-refractivity contribution < 1.29 is 43.1 Å². The Bertz CT molecular complexity index is 558. The number of aliphatic hydroxyl groups excluding tert-OH is 1. The summed E-state index contributed by atoms with van der Waals surface area (Å²) in [6.07, 6.45) is -0.572. The summed E-state index contributed by atoms with van der Waals surface area (Å²) in [6.45, 7) is 11.6. The normalized spacial score (nSPS) is 30.6. The van der Waals surface area contributed by atoms with Gasteiger partial charge >= 0.3 is 5.97 Å². The highest BCUT2D eigenvalue weighted by atomic mass is 16.7. The molecular formula is C24H44O9. The van der Waals surface area contributed by atoms with E-state index < -0.39 is 30.6 Å². The van der Waals surface area contributed by atoms with Crippen LogP contribution in [0.5, 0.6) is 0 Å². The number of hydrogen-bond donors (Lipinski definition) is 1. The van der Waals surface area contributed by atoms with Crippen molar-refractivity contribution >= 4 is 5.97 Å². The van der Waals surface area contributed by atoms with Crippen LogP contribution in [0, 0.1) is 5.92 Å². The van der Waals surface area contributed by atoms with Crippen LogP contribution in [0.2, 0.25) is 0 Å². The fourth-order valence-electron chi connectivity index (χ4n) is 3.83. The summed E-state index contributed by atoms with van der Waals surface area (Å²) in [4.78, 5) is 12.3. The Morgan fingerprint density at radius 1 is 1.12 bits per heavy atom. The number of aliphatic hydroxyl groups is 1. The standard InChI is InChI=1S/C24H44O9/c1-7-9-11-28-14-18(29-12-10-8-2)24(33-20(16(4)25)23(26)27-6)32-19-15(3)13-30-17(5)21-22(19)31-21/h15-22,24-25H,7-14H2,1-6H3/t15?,16-,17+,18-,19+,20?,21-,22?,24+/m0/s1. The highest BCUT2D eigenvalue weighted by Gasteiger charge is 2.54. The second kappa shape index (κ2) is 14.6.